The molecule has 196 valence electrons. The first kappa shape index (κ1) is 27.0. The van der Waals surface area contributed by atoms with E-state index < -0.39 is 21.2 Å². The number of rotatable bonds is 12. The predicted molar refractivity (Wildman–Crippen MR) is 142 cm³/mol. The Bertz CT molecular complexity index is 1350. The van der Waals surface area contributed by atoms with E-state index in [1.165, 1.54) is 6.26 Å². The topological polar surface area (TPSA) is 99.1 Å². The van der Waals surface area contributed by atoms with Crippen molar-refractivity contribution in [3.8, 4) is 22.6 Å². The van der Waals surface area contributed by atoms with Crippen LogP contribution in [0, 0.1) is 0 Å². The van der Waals surface area contributed by atoms with E-state index in [2.05, 4.69) is 0 Å². The smallest absolute Gasteiger partial charge is 0.304 e. The van der Waals surface area contributed by atoms with Crippen LogP contribution in [0.5, 0.6) is 11.5 Å². The van der Waals surface area contributed by atoms with Crippen molar-refractivity contribution < 1.29 is 32.5 Å². The van der Waals surface area contributed by atoms with Crippen molar-refractivity contribution in [3.63, 3.8) is 0 Å². The Morgan fingerprint density at radius 1 is 1.03 bits per heavy atom. The fourth-order valence-electron chi connectivity index (χ4n) is 4.24. The molecule has 37 heavy (non-hydrogen) atoms. The fraction of sp³-hybridized carbons (Fsp3) is 0.321. The van der Waals surface area contributed by atoms with Crippen LogP contribution in [0.4, 0.5) is 0 Å². The van der Waals surface area contributed by atoms with E-state index in [9.17, 15) is 18.3 Å². The molecule has 1 aliphatic heterocycles. The van der Waals surface area contributed by atoms with Gasteiger partial charge in [0.1, 0.15) is 27.9 Å². The Kier molecular flexibility index (Phi) is 8.42. The number of hydrogen-bond acceptors (Lipinski definition) is 6. The van der Waals surface area contributed by atoms with Crippen molar-refractivity contribution in [2.45, 2.75) is 24.9 Å². The van der Waals surface area contributed by atoms with Gasteiger partial charge in [-0.25, -0.2) is 8.42 Å². The van der Waals surface area contributed by atoms with E-state index in [-0.39, 0.29) is 12.2 Å². The van der Waals surface area contributed by atoms with E-state index >= 15 is 0 Å². The first-order valence-corrected chi connectivity index (χ1v) is 14.3. The van der Waals surface area contributed by atoms with Crippen LogP contribution in [0.3, 0.4) is 0 Å². The van der Waals surface area contributed by atoms with Gasteiger partial charge in [0.2, 0.25) is 0 Å². The second kappa shape index (κ2) is 11.5. The van der Waals surface area contributed by atoms with Crippen molar-refractivity contribution in [3.05, 3.63) is 82.9 Å². The second-order valence-corrected chi connectivity index (χ2v) is 12.0. The number of hydrogen-bond donors (Lipinski definition) is 1. The summed E-state index contributed by atoms with van der Waals surface area (Å²) in [5.74, 6) is 0.521. The largest absolute Gasteiger partial charge is 0.494 e. The zero-order valence-corrected chi connectivity index (χ0v) is 22.1. The van der Waals surface area contributed by atoms with Gasteiger partial charge >= 0.3 is 5.97 Å². The Balaban J connectivity index is 1.36. The lowest BCUT2D eigenvalue weighted by atomic mass is 9.76. The first-order valence-electron chi connectivity index (χ1n) is 11.9. The molecule has 4 rings (SSSR count). The lowest BCUT2D eigenvalue weighted by Gasteiger charge is -2.40. The maximum Gasteiger partial charge on any atom is 0.304 e. The standard InChI is InChI=1S/C28H29ClO7S/c1-37(32,33)13-3-12-35-24-10-11-25(26(29)15-24)21-5-2-4-20(14-21)17-36-23-8-6-22(7-9-23)28(16-27(30)31)18-34-19-28/h2,4-11,14-15H,3,12-13,16-19H2,1H3,(H,30,31). The molecule has 0 atom stereocenters. The summed E-state index contributed by atoms with van der Waals surface area (Å²) in [6.07, 6.45) is 1.66. The number of ether oxygens (including phenoxy) is 3. The maximum absolute atomic E-state index is 11.2. The molecule has 1 fully saturated rings. The lowest BCUT2D eigenvalue weighted by Crippen LogP contribution is -2.48. The molecule has 0 aromatic heterocycles. The molecule has 3 aromatic rings. The molecular formula is C28H29ClO7S. The zero-order valence-electron chi connectivity index (χ0n) is 20.5. The Morgan fingerprint density at radius 3 is 2.38 bits per heavy atom. The SMILES string of the molecule is CS(=O)(=O)CCCOc1ccc(-c2cccc(COc3ccc(C4(CC(=O)O)COC4)cc3)c2)c(Cl)c1. The summed E-state index contributed by atoms with van der Waals surface area (Å²) in [6.45, 7) is 1.47. The second-order valence-electron chi connectivity index (χ2n) is 9.33. The minimum absolute atomic E-state index is 0.0405. The molecule has 1 saturated heterocycles. The van der Waals surface area contributed by atoms with Crippen LogP contribution in [-0.2, 0) is 31.4 Å². The van der Waals surface area contributed by atoms with Gasteiger partial charge in [0.15, 0.2) is 0 Å². The highest BCUT2D eigenvalue weighted by molar-refractivity contribution is 7.90. The summed E-state index contributed by atoms with van der Waals surface area (Å²) in [6, 6.07) is 20.8. The van der Waals surface area contributed by atoms with Gasteiger partial charge in [-0.05, 0) is 59.5 Å². The van der Waals surface area contributed by atoms with Crippen molar-refractivity contribution in [2.75, 3.05) is 31.8 Å². The number of carbonyl (C=O) groups is 1. The highest BCUT2D eigenvalue weighted by Crippen LogP contribution is 2.37. The summed E-state index contributed by atoms with van der Waals surface area (Å²) in [7, 11) is -3.01. The number of halogens is 1. The Morgan fingerprint density at radius 2 is 1.76 bits per heavy atom. The van der Waals surface area contributed by atoms with Gasteiger partial charge in [0.05, 0.1) is 42.4 Å². The highest BCUT2D eigenvalue weighted by atomic mass is 35.5. The molecule has 0 bridgehead atoms. The van der Waals surface area contributed by atoms with E-state index in [1.807, 2.05) is 60.7 Å². The summed E-state index contributed by atoms with van der Waals surface area (Å²) in [5.41, 5.74) is 3.23. The molecule has 1 aliphatic rings. The zero-order chi connectivity index (χ0) is 26.5. The molecule has 0 radical (unpaired) electrons. The summed E-state index contributed by atoms with van der Waals surface area (Å²) >= 11 is 6.52. The molecule has 7 nitrogen and oxygen atoms in total. The van der Waals surface area contributed by atoms with Crippen LogP contribution >= 0.6 is 11.6 Å². The molecule has 0 saturated carbocycles. The number of aliphatic carboxylic acids is 1. The molecule has 0 amide bonds. The average molecular weight is 545 g/mol. The third-order valence-corrected chi connectivity index (χ3v) is 7.57. The quantitative estimate of drug-likeness (QED) is 0.315. The molecule has 1 N–H and O–H groups in total. The third kappa shape index (κ3) is 7.25. The highest BCUT2D eigenvalue weighted by Gasteiger charge is 2.42. The van der Waals surface area contributed by atoms with Crippen molar-refractivity contribution in [2.24, 2.45) is 0 Å². The Hall–Kier alpha value is -3.07. The molecule has 0 spiro atoms. The molecule has 0 unspecified atom stereocenters. The third-order valence-electron chi connectivity index (χ3n) is 6.23. The van der Waals surface area contributed by atoms with Crippen LogP contribution in [0.1, 0.15) is 24.0 Å². The predicted octanol–water partition coefficient (Wildman–Crippen LogP) is 5.14. The number of benzene rings is 3. The van der Waals surface area contributed by atoms with Gasteiger partial charge in [0.25, 0.3) is 0 Å². The number of carboxylic acid groups (broad SMARTS) is 1. The molecule has 9 heteroatoms. The van der Waals surface area contributed by atoms with Crippen molar-refractivity contribution in [1.29, 1.82) is 0 Å². The van der Waals surface area contributed by atoms with Gasteiger partial charge in [-0.15, -0.1) is 0 Å². The summed E-state index contributed by atoms with van der Waals surface area (Å²) < 4.78 is 39.4. The van der Waals surface area contributed by atoms with Crippen LogP contribution in [-0.4, -0.2) is 51.3 Å². The maximum atomic E-state index is 11.2. The normalized spacial score (nSPS) is 14.5. The molecule has 1 heterocycles. The van der Waals surface area contributed by atoms with E-state index in [0.29, 0.717) is 49.4 Å². The lowest BCUT2D eigenvalue weighted by molar-refractivity contribution is -0.145. The summed E-state index contributed by atoms with van der Waals surface area (Å²) in [5, 5.41) is 9.76. The van der Waals surface area contributed by atoms with Crippen LogP contribution in [0.15, 0.2) is 66.7 Å². The Labute approximate surface area is 221 Å². The van der Waals surface area contributed by atoms with Crippen LogP contribution in [0.2, 0.25) is 5.02 Å². The van der Waals surface area contributed by atoms with E-state index in [1.54, 1.807) is 6.07 Å². The number of sulfone groups is 1. The van der Waals surface area contributed by atoms with Crippen molar-refractivity contribution >= 4 is 27.4 Å². The van der Waals surface area contributed by atoms with Crippen LogP contribution in [0.25, 0.3) is 11.1 Å². The molecular weight excluding hydrogens is 516 g/mol. The fourth-order valence-corrected chi connectivity index (χ4v) is 5.16. The minimum Gasteiger partial charge on any atom is -0.494 e. The molecule has 3 aromatic carbocycles. The molecule has 0 aliphatic carbocycles. The van der Waals surface area contributed by atoms with Gasteiger partial charge in [-0.1, -0.05) is 41.9 Å². The monoisotopic (exact) mass is 544 g/mol. The van der Waals surface area contributed by atoms with E-state index in [0.717, 1.165) is 22.3 Å². The first-order chi connectivity index (χ1) is 17.6. The van der Waals surface area contributed by atoms with Crippen LogP contribution < -0.4 is 9.47 Å². The van der Waals surface area contributed by atoms with Gasteiger partial charge in [-0.3, -0.25) is 4.79 Å². The van der Waals surface area contributed by atoms with Crippen molar-refractivity contribution in [1.82, 2.24) is 0 Å². The van der Waals surface area contributed by atoms with Gasteiger partial charge in [0, 0.05) is 11.8 Å². The average Bonchev–Trinajstić information content (AvgIpc) is 2.83. The van der Waals surface area contributed by atoms with E-state index in [4.69, 9.17) is 25.8 Å². The van der Waals surface area contributed by atoms with Gasteiger partial charge in [-0.2, -0.15) is 0 Å². The summed E-state index contributed by atoms with van der Waals surface area (Å²) in [4.78, 5) is 11.2. The minimum atomic E-state index is -3.01. The number of carboxylic acids is 1. The van der Waals surface area contributed by atoms with Gasteiger partial charge < -0.3 is 19.3 Å².